The van der Waals surface area contributed by atoms with Crippen LogP contribution in [0.3, 0.4) is 0 Å². The second-order valence-corrected chi connectivity index (χ2v) is 9.10. The number of hydrogen-bond donors (Lipinski definition) is 2. The van der Waals surface area contributed by atoms with E-state index in [1.165, 1.54) is 23.1 Å². The van der Waals surface area contributed by atoms with E-state index < -0.39 is 11.9 Å². The van der Waals surface area contributed by atoms with Crippen LogP contribution in [0, 0.1) is 0 Å². The first-order valence-corrected chi connectivity index (χ1v) is 12.2. The molecule has 2 atom stereocenters. The van der Waals surface area contributed by atoms with Crippen molar-refractivity contribution in [1.82, 2.24) is 4.90 Å². The summed E-state index contributed by atoms with van der Waals surface area (Å²) in [6.45, 7) is 3.31. The monoisotopic (exact) mass is 485 g/mol. The molecule has 0 bridgehead atoms. The summed E-state index contributed by atoms with van der Waals surface area (Å²) in [5.41, 5.74) is 3.92. The van der Waals surface area contributed by atoms with Gasteiger partial charge in [0.1, 0.15) is 11.4 Å². The Bertz CT molecular complexity index is 1180. The van der Waals surface area contributed by atoms with Crippen molar-refractivity contribution >= 4 is 11.9 Å². The van der Waals surface area contributed by atoms with Gasteiger partial charge in [0.25, 0.3) is 0 Å². The first-order valence-electron chi connectivity index (χ1n) is 12.2. The molecule has 1 fully saturated rings. The summed E-state index contributed by atoms with van der Waals surface area (Å²) < 4.78 is 6.68. The topological polar surface area (TPSA) is 87.1 Å². The first kappa shape index (κ1) is 25.2. The van der Waals surface area contributed by atoms with Crippen LogP contribution in [-0.4, -0.2) is 46.7 Å². The van der Waals surface area contributed by atoms with Gasteiger partial charge in [-0.25, -0.2) is 9.59 Å². The number of carboxylic acid groups (broad SMARTS) is 2. The lowest BCUT2D eigenvalue weighted by Gasteiger charge is -2.43. The van der Waals surface area contributed by atoms with Crippen molar-refractivity contribution in [3.05, 3.63) is 114 Å². The molecule has 2 N–H and O–H groups in total. The highest BCUT2D eigenvalue weighted by Gasteiger charge is 2.52. The lowest BCUT2D eigenvalue weighted by molar-refractivity contribution is -0.134. The normalized spacial score (nSPS) is 20.5. The SMILES string of the molecule is O=C(O)/C=C\C(=O)O.c1ccc(CCCN2CC[C@@]3(c4ccccc4)Oc4ccccc4[C@H]3C2)cc1. The van der Waals surface area contributed by atoms with Gasteiger partial charge < -0.3 is 19.8 Å². The number of nitrogens with zero attached hydrogens (tertiary/aromatic N) is 1. The molecule has 0 spiro atoms. The van der Waals surface area contributed by atoms with Gasteiger partial charge in [0, 0.05) is 43.1 Å². The zero-order valence-corrected chi connectivity index (χ0v) is 20.1. The van der Waals surface area contributed by atoms with Gasteiger partial charge in [-0.1, -0.05) is 78.9 Å². The third kappa shape index (κ3) is 6.01. The summed E-state index contributed by atoms with van der Waals surface area (Å²) >= 11 is 0. The molecule has 0 unspecified atom stereocenters. The van der Waals surface area contributed by atoms with Crippen molar-refractivity contribution in [3.8, 4) is 5.75 Å². The van der Waals surface area contributed by atoms with E-state index in [9.17, 15) is 9.59 Å². The predicted octanol–water partition coefficient (Wildman–Crippen LogP) is 5.11. The average Bonchev–Trinajstić information content (AvgIpc) is 3.24. The van der Waals surface area contributed by atoms with Gasteiger partial charge >= 0.3 is 11.9 Å². The van der Waals surface area contributed by atoms with Gasteiger partial charge in [0.2, 0.25) is 0 Å². The van der Waals surface area contributed by atoms with Gasteiger partial charge in [-0.2, -0.15) is 0 Å². The number of carboxylic acids is 2. The standard InChI is InChI=1S/C26H27NO.C4H4O4/c1-3-10-21(11-4-1)12-9-18-27-19-17-26(22-13-5-2-6-14-22)24(20-27)23-15-7-8-16-25(23)28-26;5-3(6)1-2-4(7)8/h1-8,10-11,13-16,24H,9,12,17-20H2;1-2H,(H,5,6)(H,7,8)/b;2-1-/t24-,26+;/m1./s1. The molecular weight excluding hydrogens is 454 g/mol. The fourth-order valence-corrected chi connectivity index (χ4v) is 5.15. The van der Waals surface area contributed by atoms with Gasteiger partial charge in [-0.3, -0.25) is 0 Å². The molecule has 0 amide bonds. The molecular formula is C30H31NO5. The van der Waals surface area contributed by atoms with Crippen molar-refractivity contribution in [3.63, 3.8) is 0 Å². The van der Waals surface area contributed by atoms with Crippen LogP contribution < -0.4 is 4.74 Å². The van der Waals surface area contributed by atoms with E-state index in [4.69, 9.17) is 14.9 Å². The van der Waals surface area contributed by atoms with E-state index in [-0.39, 0.29) is 5.60 Å². The number of hydrogen-bond acceptors (Lipinski definition) is 4. The lowest BCUT2D eigenvalue weighted by Crippen LogP contribution is -2.49. The van der Waals surface area contributed by atoms with Crippen molar-refractivity contribution in [2.24, 2.45) is 0 Å². The van der Waals surface area contributed by atoms with E-state index in [0.29, 0.717) is 18.1 Å². The van der Waals surface area contributed by atoms with E-state index >= 15 is 0 Å². The number of fused-ring (bicyclic) bond motifs is 3. The Labute approximate surface area is 211 Å². The largest absolute Gasteiger partial charge is 0.482 e. The number of para-hydroxylation sites is 1. The molecule has 5 rings (SSSR count). The molecule has 0 saturated carbocycles. The van der Waals surface area contributed by atoms with Gasteiger partial charge in [0.05, 0.1) is 0 Å². The van der Waals surface area contributed by atoms with Crippen molar-refractivity contribution in [2.75, 3.05) is 19.6 Å². The fraction of sp³-hybridized carbons (Fsp3) is 0.267. The summed E-state index contributed by atoms with van der Waals surface area (Å²) in [5.74, 6) is -1.04. The average molecular weight is 486 g/mol. The van der Waals surface area contributed by atoms with Gasteiger partial charge in [-0.05, 0) is 36.6 Å². The van der Waals surface area contributed by atoms with Crippen LogP contribution in [-0.2, 0) is 21.6 Å². The van der Waals surface area contributed by atoms with Crippen LogP contribution in [0.1, 0.15) is 35.4 Å². The molecule has 0 aromatic heterocycles. The van der Waals surface area contributed by atoms with Crippen LogP contribution >= 0.6 is 0 Å². The smallest absolute Gasteiger partial charge is 0.328 e. The molecule has 3 aromatic rings. The number of benzene rings is 3. The molecule has 0 aliphatic carbocycles. The number of aryl methyl sites for hydroxylation is 1. The Morgan fingerprint density at radius 2 is 1.50 bits per heavy atom. The highest BCUT2D eigenvalue weighted by molar-refractivity contribution is 5.89. The van der Waals surface area contributed by atoms with E-state index in [0.717, 1.165) is 38.2 Å². The van der Waals surface area contributed by atoms with Crippen LogP contribution in [0.4, 0.5) is 0 Å². The maximum absolute atomic E-state index is 9.55. The Kier molecular flexibility index (Phi) is 8.18. The summed E-state index contributed by atoms with van der Waals surface area (Å²) in [4.78, 5) is 21.7. The molecule has 6 heteroatoms. The van der Waals surface area contributed by atoms with Crippen molar-refractivity contribution < 1.29 is 24.5 Å². The quantitative estimate of drug-likeness (QED) is 0.453. The molecule has 3 aromatic carbocycles. The summed E-state index contributed by atoms with van der Waals surface area (Å²) in [6, 6.07) is 30.3. The highest BCUT2D eigenvalue weighted by atomic mass is 16.5. The Morgan fingerprint density at radius 3 is 2.17 bits per heavy atom. The summed E-state index contributed by atoms with van der Waals surface area (Å²) in [7, 11) is 0. The predicted molar refractivity (Wildman–Crippen MR) is 138 cm³/mol. The molecule has 1 saturated heterocycles. The molecule has 2 aliphatic heterocycles. The van der Waals surface area contributed by atoms with Crippen LogP contribution in [0.25, 0.3) is 0 Å². The minimum atomic E-state index is -1.26. The number of likely N-dealkylation sites (tertiary alicyclic amines) is 1. The van der Waals surface area contributed by atoms with E-state index in [2.05, 4.69) is 89.8 Å². The Hall–Kier alpha value is -3.90. The van der Waals surface area contributed by atoms with Crippen LogP contribution in [0.5, 0.6) is 5.75 Å². The summed E-state index contributed by atoms with van der Waals surface area (Å²) in [5, 5.41) is 15.6. The maximum Gasteiger partial charge on any atom is 0.328 e. The second-order valence-electron chi connectivity index (χ2n) is 9.10. The lowest BCUT2D eigenvalue weighted by atomic mass is 9.74. The fourth-order valence-electron chi connectivity index (χ4n) is 5.15. The minimum absolute atomic E-state index is 0.207. The third-order valence-electron chi connectivity index (χ3n) is 6.80. The van der Waals surface area contributed by atoms with Gasteiger partial charge in [0.15, 0.2) is 0 Å². The molecule has 186 valence electrons. The molecule has 0 radical (unpaired) electrons. The number of aliphatic carboxylic acids is 2. The molecule has 2 heterocycles. The van der Waals surface area contributed by atoms with Crippen LogP contribution in [0.2, 0.25) is 0 Å². The third-order valence-corrected chi connectivity index (χ3v) is 6.80. The first-order chi connectivity index (χ1) is 17.5. The van der Waals surface area contributed by atoms with E-state index in [1.807, 2.05) is 0 Å². The molecule has 2 aliphatic rings. The number of ether oxygens (including phenoxy) is 1. The zero-order chi connectivity index (χ0) is 25.4. The van der Waals surface area contributed by atoms with Crippen molar-refractivity contribution in [1.29, 1.82) is 0 Å². The van der Waals surface area contributed by atoms with Crippen molar-refractivity contribution in [2.45, 2.75) is 30.8 Å². The number of carbonyl (C=O) groups is 2. The summed E-state index contributed by atoms with van der Waals surface area (Å²) in [6.07, 6.45) is 4.52. The van der Waals surface area contributed by atoms with Gasteiger partial charge in [-0.15, -0.1) is 0 Å². The minimum Gasteiger partial charge on any atom is -0.482 e. The number of rotatable bonds is 7. The second kappa shape index (κ2) is 11.7. The number of piperidine rings is 1. The zero-order valence-electron chi connectivity index (χ0n) is 20.1. The molecule has 6 nitrogen and oxygen atoms in total. The van der Waals surface area contributed by atoms with E-state index in [1.54, 1.807) is 0 Å². The Balaban J connectivity index is 0.000000331. The van der Waals surface area contributed by atoms with Crippen LogP contribution in [0.15, 0.2) is 97.1 Å². The maximum atomic E-state index is 9.55. The Morgan fingerprint density at radius 1 is 0.889 bits per heavy atom. The molecule has 36 heavy (non-hydrogen) atoms. The highest BCUT2D eigenvalue weighted by Crippen LogP contribution is 2.54.